The van der Waals surface area contributed by atoms with Crippen LogP contribution in [-0.2, 0) is 0 Å². The van der Waals surface area contributed by atoms with Crippen molar-refractivity contribution < 1.29 is 0 Å². The molecule has 0 radical (unpaired) electrons. The van der Waals surface area contributed by atoms with Crippen molar-refractivity contribution in [1.29, 1.82) is 5.41 Å². The number of rotatable bonds is 1. The summed E-state index contributed by atoms with van der Waals surface area (Å²) < 4.78 is 0. The fourth-order valence-corrected chi connectivity index (χ4v) is 3.42. The van der Waals surface area contributed by atoms with Gasteiger partial charge in [-0.1, -0.05) is 12.8 Å². The number of hydrogen-bond donors (Lipinski definition) is 1. The smallest absolute Gasteiger partial charge is 0.0961 e. The van der Waals surface area contributed by atoms with Crippen LogP contribution in [0.1, 0.15) is 44.9 Å². The first-order valence-corrected chi connectivity index (χ1v) is 5.66. The highest BCUT2D eigenvalue weighted by Crippen LogP contribution is 2.60. The van der Waals surface area contributed by atoms with E-state index in [0.717, 1.165) is 18.3 Å². The molecule has 0 bridgehead atoms. The zero-order chi connectivity index (χ0) is 8.89. The largest absolute Gasteiger partial charge is 0.357 e. The molecule has 1 saturated heterocycles. The maximum atomic E-state index is 7.85. The Bertz CT molecular complexity index is 240. The Morgan fingerprint density at radius 3 is 2.62 bits per heavy atom. The molecule has 1 N–H and O–H groups in total. The molecule has 2 aliphatic carbocycles. The van der Waals surface area contributed by atoms with Crippen molar-refractivity contribution >= 4 is 5.84 Å². The zero-order valence-corrected chi connectivity index (χ0v) is 8.18. The van der Waals surface area contributed by atoms with Crippen LogP contribution in [0, 0.1) is 10.8 Å². The summed E-state index contributed by atoms with van der Waals surface area (Å²) in [6.07, 6.45) is 9.44. The molecule has 3 rings (SSSR count). The van der Waals surface area contributed by atoms with E-state index in [1.165, 1.54) is 45.1 Å². The Morgan fingerprint density at radius 2 is 2.00 bits per heavy atom. The highest BCUT2D eigenvalue weighted by molar-refractivity contribution is 5.81. The molecule has 1 unspecified atom stereocenters. The van der Waals surface area contributed by atoms with Crippen LogP contribution in [0.2, 0.25) is 0 Å². The summed E-state index contributed by atoms with van der Waals surface area (Å²) in [6.45, 7) is 1.17. The molecule has 13 heavy (non-hydrogen) atoms. The minimum absolute atomic E-state index is 0.691. The Kier molecular flexibility index (Phi) is 1.50. The molecule has 0 aromatic rings. The molecule has 1 aliphatic heterocycles. The van der Waals surface area contributed by atoms with Gasteiger partial charge in [0.2, 0.25) is 0 Å². The highest BCUT2D eigenvalue weighted by Gasteiger charge is 2.58. The van der Waals surface area contributed by atoms with Crippen LogP contribution in [0.4, 0.5) is 0 Å². The van der Waals surface area contributed by atoms with Crippen molar-refractivity contribution in [3.05, 3.63) is 0 Å². The van der Waals surface area contributed by atoms with Crippen LogP contribution in [-0.4, -0.2) is 23.3 Å². The van der Waals surface area contributed by atoms with Crippen LogP contribution < -0.4 is 0 Å². The highest BCUT2D eigenvalue weighted by atomic mass is 15.3. The van der Waals surface area contributed by atoms with E-state index in [9.17, 15) is 0 Å². The van der Waals surface area contributed by atoms with Crippen LogP contribution in [0.5, 0.6) is 0 Å². The van der Waals surface area contributed by atoms with Crippen LogP contribution in [0.3, 0.4) is 0 Å². The van der Waals surface area contributed by atoms with Gasteiger partial charge in [0.1, 0.15) is 0 Å². The van der Waals surface area contributed by atoms with Gasteiger partial charge < -0.3 is 4.90 Å². The van der Waals surface area contributed by atoms with E-state index in [2.05, 4.69) is 4.90 Å². The fourth-order valence-electron chi connectivity index (χ4n) is 3.42. The minimum atomic E-state index is 0.691. The molecule has 2 saturated carbocycles. The third-order valence-electron chi connectivity index (χ3n) is 4.28. The predicted molar refractivity (Wildman–Crippen MR) is 53.0 cm³/mol. The van der Waals surface area contributed by atoms with Crippen molar-refractivity contribution in [2.24, 2.45) is 5.41 Å². The lowest BCUT2D eigenvalue weighted by Gasteiger charge is -2.21. The summed E-state index contributed by atoms with van der Waals surface area (Å²) in [5.41, 5.74) is 0.691. The van der Waals surface area contributed by atoms with Crippen molar-refractivity contribution in [2.75, 3.05) is 6.54 Å². The molecule has 72 valence electrons. The Hall–Kier alpha value is -0.530. The van der Waals surface area contributed by atoms with Gasteiger partial charge in [0.15, 0.2) is 0 Å². The van der Waals surface area contributed by atoms with Crippen molar-refractivity contribution in [3.63, 3.8) is 0 Å². The lowest BCUT2D eigenvalue weighted by atomic mass is 10.0. The van der Waals surface area contributed by atoms with Gasteiger partial charge in [-0.15, -0.1) is 0 Å². The van der Waals surface area contributed by atoms with E-state index in [0.29, 0.717) is 5.41 Å². The maximum Gasteiger partial charge on any atom is 0.0961 e. The van der Waals surface area contributed by atoms with Crippen molar-refractivity contribution in [3.8, 4) is 0 Å². The van der Waals surface area contributed by atoms with Gasteiger partial charge in [-0.2, -0.15) is 0 Å². The van der Waals surface area contributed by atoms with E-state index >= 15 is 0 Å². The predicted octanol–water partition coefficient (Wildman–Crippen LogP) is 2.39. The van der Waals surface area contributed by atoms with E-state index in [1.807, 2.05) is 0 Å². The first-order chi connectivity index (χ1) is 6.32. The third kappa shape index (κ3) is 1.04. The molecule has 1 heterocycles. The lowest BCUT2D eigenvalue weighted by Crippen LogP contribution is -2.29. The van der Waals surface area contributed by atoms with E-state index in [-0.39, 0.29) is 0 Å². The molecule has 3 fully saturated rings. The first-order valence-electron chi connectivity index (χ1n) is 5.66. The fraction of sp³-hybridized carbons (Fsp3) is 0.909. The van der Waals surface area contributed by atoms with E-state index in [1.54, 1.807) is 0 Å². The Balaban J connectivity index is 1.72. The van der Waals surface area contributed by atoms with Crippen LogP contribution >= 0.6 is 0 Å². The second-order valence-electron chi connectivity index (χ2n) is 5.03. The van der Waals surface area contributed by atoms with Gasteiger partial charge in [0.05, 0.1) is 5.84 Å². The molecule has 0 aromatic carbocycles. The van der Waals surface area contributed by atoms with Crippen molar-refractivity contribution in [1.82, 2.24) is 4.90 Å². The second-order valence-corrected chi connectivity index (χ2v) is 5.03. The topological polar surface area (TPSA) is 27.1 Å². The molecular weight excluding hydrogens is 160 g/mol. The van der Waals surface area contributed by atoms with Gasteiger partial charge in [0, 0.05) is 19.0 Å². The monoisotopic (exact) mass is 178 g/mol. The molecule has 1 spiro atoms. The van der Waals surface area contributed by atoms with Gasteiger partial charge in [-0.3, -0.25) is 5.41 Å². The molecule has 0 aromatic heterocycles. The quantitative estimate of drug-likeness (QED) is 0.656. The van der Waals surface area contributed by atoms with Crippen molar-refractivity contribution in [2.45, 2.75) is 51.0 Å². The van der Waals surface area contributed by atoms with Gasteiger partial charge >= 0.3 is 0 Å². The molecule has 1 atom stereocenters. The molecule has 3 aliphatic rings. The summed E-state index contributed by atoms with van der Waals surface area (Å²) in [5.74, 6) is 0.925. The molecule has 0 amide bonds. The molecular formula is C11H18N2. The minimum Gasteiger partial charge on any atom is -0.357 e. The Labute approximate surface area is 79.8 Å². The van der Waals surface area contributed by atoms with Crippen LogP contribution in [0.25, 0.3) is 0 Å². The molecule has 2 nitrogen and oxygen atoms in total. The third-order valence-corrected chi connectivity index (χ3v) is 4.28. The number of nitrogens with zero attached hydrogens (tertiary/aromatic N) is 1. The number of nitrogens with one attached hydrogen (secondary N) is 1. The van der Waals surface area contributed by atoms with Gasteiger partial charge in [-0.25, -0.2) is 0 Å². The standard InChI is InChI=1S/C11H18N2/c12-10-4-3-7-13(10)9-8-11(9)5-1-2-6-11/h9,12H,1-8H2. The SMILES string of the molecule is N=C1CCCN1C1CC12CCCC2. The van der Waals surface area contributed by atoms with Gasteiger partial charge in [0.25, 0.3) is 0 Å². The van der Waals surface area contributed by atoms with Crippen LogP contribution in [0.15, 0.2) is 0 Å². The lowest BCUT2D eigenvalue weighted by molar-refractivity contribution is 0.356. The summed E-state index contributed by atoms with van der Waals surface area (Å²) >= 11 is 0. The van der Waals surface area contributed by atoms with E-state index < -0.39 is 0 Å². The number of amidine groups is 1. The molecule has 2 heteroatoms. The number of hydrogen-bond acceptors (Lipinski definition) is 1. The maximum absolute atomic E-state index is 7.85. The average Bonchev–Trinajstić information content (AvgIpc) is 2.50. The second kappa shape index (κ2) is 2.49. The summed E-state index contributed by atoms with van der Waals surface area (Å²) in [6, 6.07) is 0.782. The normalized spacial score (nSPS) is 36.2. The summed E-state index contributed by atoms with van der Waals surface area (Å²) in [5, 5.41) is 7.85. The average molecular weight is 178 g/mol. The van der Waals surface area contributed by atoms with E-state index in [4.69, 9.17) is 5.41 Å². The first kappa shape index (κ1) is 7.84. The Morgan fingerprint density at radius 1 is 1.23 bits per heavy atom. The summed E-state index contributed by atoms with van der Waals surface area (Å²) in [7, 11) is 0. The number of likely N-dealkylation sites (tertiary alicyclic amines) is 1. The summed E-state index contributed by atoms with van der Waals surface area (Å²) in [4.78, 5) is 2.39. The van der Waals surface area contributed by atoms with Gasteiger partial charge in [-0.05, 0) is 31.1 Å². The zero-order valence-electron chi connectivity index (χ0n) is 8.18.